The van der Waals surface area contributed by atoms with Crippen LogP contribution in [-0.2, 0) is 4.79 Å². The zero-order valence-corrected chi connectivity index (χ0v) is 6.70. The fraction of sp³-hybridized carbons (Fsp3) is 0.200. The van der Waals surface area contributed by atoms with Gasteiger partial charge in [-0.05, 0) is 28.7 Å². The molecular weight excluding hydrogens is 231 g/mol. The van der Waals surface area contributed by atoms with Crippen molar-refractivity contribution in [3.05, 3.63) is 9.66 Å². The van der Waals surface area contributed by atoms with Crippen molar-refractivity contribution < 1.29 is 4.79 Å². The molecule has 48 valence electrons. The second kappa shape index (κ2) is 2.57. The van der Waals surface area contributed by atoms with Crippen molar-refractivity contribution in [2.75, 3.05) is 0 Å². The van der Waals surface area contributed by atoms with Crippen molar-refractivity contribution in [2.24, 2.45) is 10.7 Å². The van der Waals surface area contributed by atoms with Crippen LogP contribution in [0.15, 0.2) is 14.6 Å². The maximum absolute atomic E-state index is 10.6. The van der Waals surface area contributed by atoms with Crippen molar-refractivity contribution in [1.82, 2.24) is 0 Å². The number of dihydropyridines is 1. The Morgan fingerprint density at radius 2 is 2.44 bits per heavy atom. The Morgan fingerprint density at radius 1 is 1.78 bits per heavy atom. The minimum Gasteiger partial charge on any atom is -0.317 e. The summed E-state index contributed by atoms with van der Waals surface area (Å²) in [6, 6.07) is -0.526. The average molecular weight is 236 g/mol. The van der Waals surface area contributed by atoms with Crippen LogP contribution < -0.4 is 5.73 Å². The van der Waals surface area contributed by atoms with Gasteiger partial charge in [-0.1, -0.05) is 0 Å². The van der Waals surface area contributed by atoms with Crippen LogP contribution in [0.2, 0.25) is 0 Å². The molecule has 0 aromatic rings. The van der Waals surface area contributed by atoms with E-state index in [2.05, 4.69) is 27.6 Å². The topological polar surface area (TPSA) is 55.4 Å². The van der Waals surface area contributed by atoms with Crippen molar-refractivity contribution in [3.63, 3.8) is 0 Å². The lowest BCUT2D eigenvalue weighted by molar-refractivity contribution is -0.118. The van der Waals surface area contributed by atoms with Crippen LogP contribution in [-0.4, -0.2) is 18.2 Å². The summed E-state index contributed by atoms with van der Waals surface area (Å²) < 4.78 is 0.916. The molecule has 1 unspecified atom stereocenters. The second-order valence-electron chi connectivity index (χ2n) is 1.67. The van der Waals surface area contributed by atoms with Crippen molar-refractivity contribution in [2.45, 2.75) is 6.04 Å². The summed E-state index contributed by atoms with van der Waals surface area (Å²) in [6.45, 7) is 0. The fourth-order valence-electron chi connectivity index (χ4n) is 0.497. The zero-order valence-electron chi connectivity index (χ0n) is 4.54. The molecule has 2 N–H and O–H groups in total. The molecule has 1 aliphatic rings. The van der Waals surface area contributed by atoms with Crippen LogP contribution >= 0.6 is 22.6 Å². The summed E-state index contributed by atoms with van der Waals surface area (Å²) in [7, 11) is 0. The number of amides is 1. The predicted octanol–water partition coefficient (Wildman–Crippen LogP) is 0.244. The number of aliphatic imine (C=N–C) groups is 1. The van der Waals surface area contributed by atoms with Gasteiger partial charge in [-0.25, -0.2) is 4.99 Å². The number of halogens is 1. The number of hydrogen-bond donors (Lipinski definition) is 1. The van der Waals surface area contributed by atoms with Gasteiger partial charge < -0.3 is 5.73 Å². The fourth-order valence-corrected chi connectivity index (χ4v) is 1.02. The van der Waals surface area contributed by atoms with Gasteiger partial charge in [-0.2, -0.15) is 0 Å². The van der Waals surface area contributed by atoms with Gasteiger partial charge in [0.15, 0.2) is 0 Å². The van der Waals surface area contributed by atoms with Crippen LogP contribution in [0.1, 0.15) is 0 Å². The van der Waals surface area contributed by atoms with E-state index in [1.807, 2.05) is 0 Å². The quantitative estimate of drug-likeness (QED) is 0.612. The molecule has 0 saturated carbocycles. The molecule has 0 aliphatic carbocycles. The number of nitrogens with zero attached hydrogens (tertiary/aromatic N) is 1. The van der Waals surface area contributed by atoms with E-state index in [1.54, 1.807) is 6.08 Å². The first-order chi connectivity index (χ1) is 4.20. The molecule has 0 aromatic carbocycles. The Hall–Kier alpha value is -0.230. The summed E-state index contributed by atoms with van der Waals surface area (Å²) >= 11 is 2.06. The molecule has 0 fully saturated rings. The van der Waals surface area contributed by atoms with E-state index < -0.39 is 6.04 Å². The van der Waals surface area contributed by atoms with Gasteiger partial charge in [0.1, 0.15) is 6.04 Å². The summed E-state index contributed by atoms with van der Waals surface area (Å²) in [4.78, 5) is 14.1. The minimum absolute atomic E-state index is 0.268. The highest BCUT2D eigenvalue weighted by molar-refractivity contribution is 14.1. The maximum Gasteiger partial charge on any atom is 0.266 e. The maximum atomic E-state index is 10.6. The van der Waals surface area contributed by atoms with Gasteiger partial charge in [0.2, 0.25) is 0 Å². The third-order valence-electron chi connectivity index (χ3n) is 0.939. The van der Waals surface area contributed by atoms with Crippen LogP contribution in [0, 0.1) is 0 Å². The van der Waals surface area contributed by atoms with E-state index in [-0.39, 0.29) is 5.91 Å². The monoisotopic (exact) mass is 236 g/mol. The number of carbonyl (C=O) groups is 1. The number of rotatable bonds is 0. The highest BCUT2D eigenvalue weighted by Gasteiger charge is 2.12. The van der Waals surface area contributed by atoms with E-state index in [0.29, 0.717) is 0 Å². The Morgan fingerprint density at radius 3 is 2.89 bits per heavy atom. The molecule has 0 aromatic heterocycles. The van der Waals surface area contributed by atoms with Gasteiger partial charge in [0, 0.05) is 9.79 Å². The highest BCUT2D eigenvalue weighted by Crippen LogP contribution is 2.07. The number of nitrogens with two attached hydrogens (primary N) is 1. The van der Waals surface area contributed by atoms with Crippen LogP contribution in [0.5, 0.6) is 0 Å². The molecule has 1 atom stereocenters. The molecule has 0 saturated heterocycles. The van der Waals surface area contributed by atoms with E-state index >= 15 is 0 Å². The zero-order chi connectivity index (χ0) is 6.85. The summed E-state index contributed by atoms with van der Waals surface area (Å²) in [5.74, 6) is -0.268. The number of hydrogen-bond acceptors (Lipinski definition) is 2. The predicted molar refractivity (Wildman–Crippen MR) is 43.6 cm³/mol. The molecule has 3 nitrogen and oxygen atoms in total. The van der Waals surface area contributed by atoms with E-state index in [4.69, 9.17) is 5.73 Å². The van der Waals surface area contributed by atoms with E-state index in [1.165, 1.54) is 6.21 Å². The molecule has 1 heterocycles. The molecule has 1 aliphatic heterocycles. The Labute approximate surface area is 66.2 Å². The van der Waals surface area contributed by atoms with Crippen LogP contribution in [0.3, 0.4) is 0 Å². The minimum atomic E-state index is -0.526. The molecule has 1 amide bonds. The lowest BCUT2D eigenvalue weighted by Gasteiger charge is -2.04. The number of allylic oxidation sites excluding steroid dienone is 1. The van der Waals surface area contributed by atoms with Gasteiger partial charge in [-0.15, -0.1) is 0 Å². The average Bonchev–Trinajstić information content (AvgIpc) is 1.80. The largest absolute Gasteiger partial charge is 0.317 e. The van der Waals surface area contributed by atoms with Gasteiger partial charge >= 0.3 is 0 Å². The third kappa shape index (κ3) is 1.59. The first-order valence-electron chi connectivity index (χ1n) is 2.41. The lowest BCUT2D eigenvalue weighted by atomic mass is 10.2. The first kappa shape index (κ1) is 6.88. The molecule has 1 rings (SSSR count). The van der Waals surface area contributed by atoms with Crippen LogP contribution in [0.25, 0.3) is 0 Å². The molecule has 9 heavy (non-hydrogen) atoms. The summed E-state index contributed by atoms with van der Waals surface area (Å²) in [6.07, 6.45) is 3.18. The Kier molecular flexibility index (Phi) is 1.97. The second-order valence-corrected chi connectivity index (χ2v) is 2.92. The molecule has 0 spiro atoms. The van der Waals surface area contributed by atoms with Gasteiger partial charge in [-0.3, -0.25) is 4.79 Å². The standard InChI is InChI=1S/C5H5IN2O/c6-3-1-4(7)5(9)8-2-3/h1-2,4H,7H2. The van der Waals surface area contributed by atoms with Gasteiger partial charge in [0.05, 0.1) is 0 Å². The summed E-state index contributed by atoms with van der Waals surface area (Å²) in [5, 5.41) is 0. The molecule has 0 bridgehead atoms. The number of carbonyl (C=O) groups excluding carboxylic acids is 1. The third-order valence-corrected chi connectivity index (χ3v) is 1.58. The molecular formula is C5H5IN2O. The Balaban J connectivity index is 2.82. The van der Waals surface area contributed by atoms with E-state index in [9.17, 15) is 4.79 Å². The van der Waals surface area contributed by atoms with Crippen molar-refractivity contribution in [3.8, 4) is 0 Å². The molecule has 0 radical (unpaired) electrons. The van der Waals surface area contributed by atoms with Crippen molar-refractivity contribution in [1.29, 1.82) is 0 Å². The summed E-state index contributed by atoms with van der Waals surface area (Å²) in [5.41, 5.74) is 5.32. The van der Waals surface area contributed by atoms with Crippen molar-refractivity contribution >= 4 is 34.7 Å². The lowest BCUT2D eigenvalue weighted by Crippen LogP contribution is -2.28. The smallest absolute Gasteiger partial charge is 0.266 e. The first-order valence-corrected chi connectivity index (χ1v) is 3.49. The Bertz CT molecular complexity index is 197. The van der Waals surface area contributed by atoms with Crippen LogP contribution in [0.4, 0.5) is 0 Å². The normalized spacial score (nSPS) is 26.2. The molecule has 4 heteroatoms. The van der Waals surface area contributed by atoms with Gasteiger partial charge in [0.25, 0.3) is 5.91 Å². The highest BCUT2D eigenvalue weighted by atomic mass is 127. The van der Waals surface area contributed by atoms with E-state index in [0.717, 1.165) is 3.58 Å². The SMILES string of the molecule is NC1C=C(I)C=NC1=O.